The van der Waals surface area contributed by atoms with Crippen molar-refractivity contribution in [3.05, 3.63) is 66.5 Å². The highest BCUT2D eigenvalue weighted by Gasteiger charge is 2.19. The molecule has 0 atom stereocenters. The minimum absolute atomic E-state index is 0.105. The molecule has 0 unspecified atom stereocenters. The van der Waals surface area contributed by atoms with Gasteiger partial charge in [0.15, 0.2) is 5.82 Å². The van der Waals surface area contributed by atoms with E-state index < -0.39 is 5.97 Å². The van der Waals surface area contributed by atoms with Gasteiger partial charge in [0, 0.05) is 23.4 Å². The lowest BCUT2D eigenvalue weighted by Gasteiger charge is -2.09. The summed E-state index contributed by atoms with van der Waals surface area (Å²) in [7, 11) is 1.66. The molecule has 0 radical (unpaired) electrons. The molecule has 4 rings (SSSR count). The van der Waals surface area contributed by atoms with E-state index >= 15 is 0 Å². The molecular formula is C19H14N4O2. The molecule has 6 heteroatoms. The quantitative estimate of drug-likeness (QED) is 0.623. The molecule has 0 amide bonds. The van der Waals surface area contributed by atoms with E-state index in [0.717, 1.165) is 22.0 Å². The number of benzene rings is 2. The predicted octanol–water partition coefficient (Wildman–Crippen LogP) is 3.40. The molecule has 0 fully saturated rings. The Morgan fingerprint density at radius 1 is 0.920 bits per heavy atom. The summed E-state index contributed by atoms with van der Waals surface area (Å²) in [5.41, 5.74) is 2.43. The van der Waals surface area contributed by atoms with Crippen molar-refractivity contribution in [3.8, 4) is 22.8 Å². The van der Waals surface area contributed by atoms with Crippen LogP contribution in [-0.2, 0) is 7.05 Å². The molecule has 6 nitrogen and oxygen atoms in total. The summed E-state index contributed by atoms with van der Waals surface area (Å²) >= 11 is 0. The second kappa shape index (κ2) is 5.83. The first-order valence-electron chi connectivity index (χ1n) is 7.73. The SMILES string of the molecule is Cn1c(C(=O)O)cnc1-c1nnc(-c2ccccc2)c2ccccc12. The normalized spacial score (nSPS) is 10.9. The predicted molar refractivity (Wildman–Crippen MR) is 94.1 cm³/mol. The van der Waals surface area contributed by atoms with Crippen LogP contribution < -0.4 is 0 Å². The molecule has 2 aromatic heterocycles. The molecule has 4 aromatic rings. The van der Waals surface area contributed by atoms with Gasteiger partial charge >= 0.3 is 5.97 Å². The first-order valence-corrected chi connectivity index (χ1v) is 7.73. The molecule has 0 aliphatic rings. The lowest BCUT2D eigenvalue weighted by atomic mass is 10.0. The molecule has 0 aliphatic heterocycles. The van der Waals surface area contributed by atoms with Crippen LogP contribution in [0.15, 0.2) is 60.8 Å². The number of aromatic nitrogens is 4. The first-order chi connectivity index (χ1) is 12.2. The van der Waals surface area contributed by atoms with Gasteiger partial charge in [-0.1, -0.05) is 54.6 Å². The average molecular weight is 330 g/mol. The first kappa shape index (κ1) is 15.0. The largest absolute Gasteiger partial charge is 0.477 e. The van der Waals surface area contributed by atoms with Crippen LogP contribution in [0.1, 0.15) is 10.5 Å². The number of carboxylic acids is 1. The molecule has 0 aliphatic carbocycles. The maximum absolute atomic E-state index is 11.3. The van der Waals surface area contributed by atoms with Crippen molar-refractivity contribution < 1.29 is 9.90 Å². The van der Waals surface area contributed by atoms with E-state index in [1.54, 1.807) is 7.05 Å². The molecule has 0 saturated carbocycles. The van der Waals surface area contributed by atoms with Gasteiger partial charge < -0.3 is 9.67 Å². The molecule has 2 heterocycles. The highest BCUT2D eigenvalue weighted by atomic mass is 16.4. The number of rotatable bonds is 3. The van der Waals surface area contributed by atoms with Crippen molar-refractivity contribution in [2.45, 2.75) is 0 Å². The lowest BCUT2D eigenvalue weighted by Crippen LogP contribution is -2.06. The molecule has 0 spiro atoms. The smallest absolute Gasteiger partial charge is 0.354 e. The fraction of sp³-hybridized carbons (Fsp3) is 0.0526. The molecular weight excluding hydrogens is 316 g/mol. The zero-order valence-electron chi connectivity index (χ0n) is 13.4. The van der Waals surface area contributed by atoms with E-state index in [2.05, 4.69) is 15.2 Å². The van der Waals surface area contributed by atoms with Gasteiger partial charge in [-0.25, -0.2) is 9.78 Å². The summed E-state index contributed by atoms with van der Waals surface area (Å²) in [6.45, 7) is 0. The van der Waals surface area contributed by atoms with Crippen LogP contribution in [0.3, 0.4) is 0 Å². The third-order valence-electron chi connectivity index (χ3n) is 4.15. The highest BCUT2D eigenvalue weighted by Crippen LogP contribution is 2.31. The van der Waals surface area contributed by atoms with Gasteiger partial charge in [-0.2, -0.15) is 0 Å². The summed E-state index contributed by atoms with van der Waals surface area (Å²) < 4.78 is 1.51. The van der Waals surface area contributed by atoms with Crippen molar-refractivity contribution in [2.75, 3.05) is 0 Å². The van der Waals surface area contributed by atoms with Crippen LogP contribution in [-0.4, -0.2) is 30.8 Å². The Labute approximate surface area is 143 Å². The average Bonchev–Trinajstić information content (AvgIpc) is 3.03. The molecule has 2 aromatic carbocycles. The number of aromatic carboxylic acids is 1. The third-order valence-corrected chi connectivity index (χ3v) is 4.15. The van der Waals surface area contributed by atoms with Gasteiger partial charge in [0.05, 0.1) is 6.20 Å². The summed E-state index contributed by atoms with van der Waals surface area (Å²) in [6.07, 6.45) is 1.33. The Balaban J connectivity index is 1.98. The Morgan fingerprint density at radius 3 is 2.16 bits per heavy atom. The van der Waals surface area contributed by atoms with Gasteiger partial charge in [0.2, 0.25) is 0 Å². The van der Waals surface area contributed by atoms with Crippen molar-refractivity contribution in [1.82, 2.24) is 19.7 Å². The highest BCUT2D eigenvalue weighted by molar-refractivity contribution is 6.01. The van der Waals surface area contributed by atoms with Crippen LogP contribution in [0.2, 0.25) is 0 Å². The van der Waals surface area contributed by atoms with Crippen LogP contribution in [0.4, 0.5) is 0 Å². The number of carbonyl (C=O) groups is 1. The van der Waals surface area contributed by atoms with Crippen molar-refractivity contribution in [1.29, 1.82) is 0 Å². The molecule has 0 bridgehead atoms. The summed E-state index contributed by atoms with van der Waals surface area (Å²) in [4.78, 5) is 15.5. The number of nitrogens with zero attached hydrogens (tertiary/aromatic N) is 4. The van der Waals surface area contributed by atoms with Crippen LogP contribution in [0.5, 0.6) is 0 Å². The van der Waals surface area contributed by atoms with Gasteiger partial charge in [-0.05, 0) is 0 Å². The number of imidazole rings is 1. The minimum Gasteiger partial charge on any atom is -0.477 e. The molecule has 25 heavy (non-hydrogen) atoms. The van der Waals surface area contributed by atoms with Crippen molar-refractivity contribution in [3.63, 3.8) is 0 Å². The number of hydrogen-bond acceptors (Lipinski definition) is 4. The third kappa shape index (κ3) is 2.44. The van der Waals surface area contributed by atoms with E-state index in [1.165, 1.54) is 10.8 Å². The van der Waals surface area contributed by atoms with Crippen LogP contribution >= 0.6 is 0 Å². The number of carboxylic acid groups (broad SMARTS) is 1. The Bertz CT molecular complexity index is 1090. The van der Waals surface area contributed by atoms with E-state index in [4.69, 9.17) is 0 Å². The van der Waals surface area contributed by atoms with Crippen LogP contribution in [0, 0.1) is 0 Å². The zero-order chi connectivity index (χ0) is 17.4. The topological polar surface area (TPSA) is 80.9 Å². The van der Waals surface area contributed by atoms with Gasteiger partial charge in [-0.3, -0.25) is 0 Å². The van der Waals surface area contributed by atoms with Crippen LogP contribution in [0.25, 0.3) is 33.5 Å². The molecule has 122 valence electrons. The second-order valence-electron chi connectivity index (χ2n) is 5.64. The number of hydrogen-bond donors (Lipinski definition) is 1. The maximum atomic E-state index is 11.3. The van der Waals surface area contributed by atoms with E-state index in [1.807, 2.05) is 54.6 Å². The fourth-order valence-electron chi connectivity index (χ4n) is 2.91. The van der Waals surface area contributed by atoms with Gasteiger partial charge in [0.25, 0.3) is 0 Å². The lowest BCUT2D eigenvalue weighted by molar-refractivity contribution is 0.0686. The second-order valence-corrected chi connectivity index (χ2v) is 5.64. The summed E-state index contributed by atoms with van der Waals surface area (Å²) in [6, 6.07) is 17.6. The summed E-state index contributed by atoms with van der Waals surface area (Å²) in [5, 5.41) is 19.8. The minimum atomic E-state index is -1.03. The zero-order valence-corrected chi connectivity index (χ0v) is 13.4. The van der Waals surface area contributed by atoms with E-state index in [9.17, 15) is 9.90 Å². The fourth-order valence-corrected chi connectivity index (χ4v) is 2.91. The monoisotopic (exact) mass is 330 g/mol. The standard InChI is InChI=1S/C19H14N4O2/c1-23-15(19(24)25)11-20-18(23)17-14-10-6-5-9-13(14)16(21-22-17)12-7-3-2-4-8-12/h2-11H,1H3,(H,24,25). The summed E-state index contributed by atoms with van der Waals surface area (Å²) in [5.74, 6) is -0.555. The molecule has 1 N–H and O–H groups in total. The van der Waals surface area contributed by atoms with Gasteiger partial charge in [0.1, 0.15) is 17.1 Å². The Hall–Kier alpha value is -3.54. The Kier molecular flexibility index (Phi) is 3.50. The maximum Gasteiger partial charge on any atom is 0.354 e. The molecule has 0 saturated heterocycles. The number of fused-ring (bicyclic) bond motifs is 1. The van der Waals surface area contributed by atoms with Gasteiger partial charge in [-0.15, -0.1) is 10.2 Å². The van der Waals surface area contributed by atoms with Crippen molar-refractivity contribution >= 4 is 16.7 Å². The van der Waals surface area contributed by atoms with E-state index in [0.29, 0.717) is 11.5 Å². The van der Waals surface area contributed by atoms with E-state index in [-0.39, 0.29) is 5.69 Å². The Morgan fingerprint density at radius 2 is 1.52 bits per heavy atom. The van der Waals surface area contributed by atoms with Crippen molar-refractivity contribution in [2.24, 2.45) is 7.05 Å².